The highest BCUT2D eigenvalue weighted by molar-refractivity contribution is 7.16. The lowest BCUT2D eigenvalue weighted by molar-refractivity contribution is 0.525. The number of rotatable bonds is 1. The van der Waals surface area contributed by atoms with E-state index in [-0.39, 0.29) is 11.5 Å². The van der Waals surface area contributed by atoms with Gasteiger partial charge in [0.1, 0.15) is 5.01 Å². The molecule has 82 valence electrons. The second-order valence-corrected chi connectivity index (χ2v) is 5.68. The second kappa shape index (κ2) is 3.24. The van der Waals surface area contributed by atoms with E-state index in [9.17, 15) is 0 Å². The first-order valence-electron chi connectivity index (χ1n) is 4.88. The van der Waals surface area contributed by atoms with Crippen molar-refractivity contribution in [3.8, 4) is 0 Å². The molecule has 2 N–H and O–H groups in total. The molecule has 15 heavy (non-hydrogen) atoms. The van der Waals surface area contributed by atoms with E-state index in [0.717, 1.165) is 15.8 Å². The zero-order valence-electron chi connectivity index (χ0n) is 9.35. The van der Waals surface area contributed by atoms with Crippen LogP contribution in [0.1, 0.15) is 44.6 Å². The van der Waals surface area contributed by atoms with Gasteiger partial charge in [-0.15, -0.1) is 10.2 Å². The summed E-state index contributed by atoms with van der Waals surface area (Å²) < 4.78 is 1.80. The predicted octanol–water partition coefficient (Wildman–Crippen LogP) is 1.50. The van der Waals surface area contributed by atoms with Crippen LogP contribution in [0.2, 0.25) is 0 Å². The minimum atomic E-state index is -0.0530. The molecule has 1 unspecified atom stereocenters. The third kappa shape index (κ3) is 1.74. The Kier molecular flexibility index (Phi) is 2.27. The van der Waals surface area contributed by atoms with E-state index in [2.05, 4.69) is 36.1 Å². The number of hydrogen-bond donors (Lipinski definition) is 1. The highest BCUT2D eigenvalue weighted by Gasteiger charge is 2.23. The largest absolute Gasteiger partial charge is 0.322 e. The Morgan fingerprint density at radius 1 is 1.33 bits per heavy atom. The van der Waals surface area contributed by atoms with Gasteiger partial charge in [0.25, 0.3) is 0 Å². The molecular formula is C9H15N5S. The van der Waals surface area contributed by atoms with Gasteiger partial charge in [-0.25, -0.2) is 0 Å². The van der Waals surface area contributed by atoms with E-state index >= 15 is 0 Å². The van der Waals surface area contributed by atoms with Crippen LogP contribution in [0.5, 0.6) is 0 Å². The molecule has 0 aliphatic rings. The SMILES string of the molecule is CC(N)c1nn2c(C(C)(C)C)nnc2s1. The third-order valence-electron chi connectivity index (χ3n) is 2.07. The van der Waals surface area contributed by atoms with Gasteiger partial charge in [0.2, 0.25) is 4.96 Å². The lowest BCUT2D eigenvalue weighted by atomic mass is 9.96. The van der Waals surface area contributed by atoms with E-state index in [0.29, 0.717) is 0 Å². The minimum absolute atomic E-state index is 0.0514. The Labute approximate surface area is 92.3 Å². The van der Waals surface area contributed by atoms with Gasteiger partial charge in [0.15, 0.2) is 5.82 Å². The van der Waals surface area contributed by atoms with Crippen molar-refractivity contribution in [3.05, 3.63) is 10.8 Å². The van der Waals surface area contributed by atoms with Crippen LogP contribution in [0, 0.1) is 0 Å². The number of fused-ring (bicyclic) bond motifs is 1. The van der Waals surface area contributed by atoms with Crippen molar-refractivity contribution in [2.24, 2.45) is 5.73 Å². The number of hydrogen-bond acceptors (Lipinski definition) is 5. The van der Waals surface area contributed by atoms with Gasteiger partial charge in [0.05, 0.1) is 6.04 Å². The van der Waals surface area contributed by atoms with Crippen molar-refractivity contribution in [1.29, 1.82) is 0 Å². The lowest BCUT2D eigenvalue weighted by Crippen LogP contribution is -2.17. The van der Waals surface area contributed by atoms with Gasteiger partial charge in [-0.2, -0.15) is 9.61 Å². The zero-order valence-corrected chi connectivity index (χ0v) is 10.2. The smallest absolute Gasteiger partial charge is 0.234 e. The Morgan fingerprint density at radius 3 is 2.53 bits per heavy atom. The van der Waals surface area contributed by atoms with E-state index in [1.807, 2.05) is 6.92 Å². The van der Waals surface area contributed by atoms with Crippen molar-refractivity contribution >= 4 is 16.3 Å². The Bertz CT molecular complexity index is 476. The summed E-state index contributed by atoms with van der Waals surface area (Å²) in [4.78, 5) is 0.812. The van der Waals surface area contributed by atoms with E-state index in [1.54, 1.807) is 4.52 Å². The standard InChI is InChI=1S/C9H15N5S/c1-5(10)6-13-14-7(9(2,3)4)11-12-8(14)15-6/h5H,10H2,1-4H3. The molecule has 0 amide bonds. The second-order valence-electron chi connectivity index (χ2n) is 4.70. The zero-order chi connectivity index (χ0) is 11.2. The fourth-order valence-electron chi connectivity index (χ4n) is 1.28. The summed E-state index contributed by atoms with van der Waals surface area (Å²) in [6.45, 7) is 8.19. The van der Waals surface area contributed by atoms with Crippen molar-refractivity contribution in [2.45, 2.75) is 39.2 Å². The molecule has 0 bridgehead atoms. The molecule has 0 aliphatic heterocycles. The Hall–Kier alpha value is -1.01. The Morgan fingerprint density at radius 2 is 2.00 bits per heavy atom. The van der Waals surface area contributed by atoms with Crippen LogP contribution in [-0.4, -0.2) is 19.8 Å². The average Bonchev–Trinajstić information content (AvgIpc) is 2.56. The fraction of sp³-hybridized carbons (Fsp3) is 0.667. The molecule has 0 aliphatic carbocycles. The van der Waals surface area contributed by atoms with Crippen LogP contribution in [0.15, 0.2) is 0 Å². The highest BCUT2D eigenvalue weighted by Crippen LogP contribution is 2.24. The lowest BCUT2D eigenvalue weighted by Gasteiger charge is -2.13. The van der Waals surface area contributed by atoms with Gasteiger partial charge in [-0.3, -0.25) is 0 Å². The molecule has 0 spiro atoms. The quantitative estimate of drug-likeness (QED) is 0.798. The fourth-order valence-corrected chi connectivity index (χ4v) is 2.07. The molecule has 0 fully saturated rings. The summed E-state index contributed by atoms with van der Waals surface area (Å²) >= 11 is 1.50. The molecule has 5 nitrogen and oxygen atoms in total. The van der Waals surface area contributed by atoms with Crippen LogP contribution < -0.4 is 5.73 Å². The summed E-state index contributed by atoms with van der Waals surface area (Å²) in [6, 6.07) is -0.0514. The average molecular weight is 225 g/mol. The molecule has 0 saturated heterocycles. The molecule has 1 atom stereocenters. The monoisotopic (exact) mass is 225 g/mol. The van der Waals surface area contributed by atoms with Crippen molar-refractivity contribution in [1.82, 2.24) is 19.8 Å². The Balaban J connectivity index is 2.59. The summed E-state index contributed by atoms with van der Waals surface area (Å²) in [7, 11) is 0. The molecular weight excluding hydrogens is 210 g/mol. The van der Waals surface area contributed by atoms with E-state index in [4.69, 9.17) is 5.73 Å². The maximum Gasteiger partial charge on any atom is 0.234 e. The van der Waals surface area contributed by atoms with Crippen molar-refractivity contribution in [3.63, 3.8) is 0 Å². The predicted molar refractivity (Wildman–Crippen MR) is 60.0 cm³/mol. The minimum Gasteiger partial charge on any atom is -0.322 e. The van der Waals surface area contributed by atoms with Gasteiger partial charge in [-0.1, -0.05) is 32.1 Å². The number of nitrogens with zero attached hydrogens (tertiary/aromatic N) is 4. The van der Waals surface area contributed by atoms with Crippen molar-refractivity contribution < 1.29 is 0 Å². The van der Waals surface area contributed by atoms with E-state index in [1.165, 1.54) is 11.3 Å². The van der Waals surface area contributed by atoms with Gasteiger partial charge >= 0.3 is 0 Å². The summed E-state index contributed by atoms with van der Waals surface area (Å²) in [6.07, 6.45) is 0. The van der Waals surface area contributed by atoms with Crippen molar-refractivity contribution in [2.75, 3.05) is 0 Å². The summed E-state index contributed by atoms with van der Waals surface area (Å²) in [5, 5.41) is 13.6. The molecule has 2 heterocycles. The first-order valence-corrected chi connectivity index (χ1v) is 5.69. The van der Waals surface area contributed by atoms with Gasteiger partial charge in [-0.05, 0) is 6.92 Å². The summed E-state index contributed by atoms with van der Waals surface area (Å²) in [5.41, 5.74) is 5.73. The van der Waals surface area contributed by atoms with Gasteiger partial charge < -0.3 is 5.73 Å². The van der Waals surface area contributed by atoms with Crippen LogP contribution in [0.4, 0.5) is 0 Å². The van der Waals surface area contributed by atoms with Crippen LogP contribution >= 0.6 is 11.3 Å². The molecule has 6 heteroatoms. The number of nitrogens with two attached hydrogens (primary N) is 1. The van der Waals surface area contributed by atoms with Gasteiger partial charge in [0, 0.05) is 5.41 Å². The molecule has 0 aromatic carbocycles. The van der Waals surface area contributed by atoms with Crippen LogP contribution in [-0.2, 0) is 5.41 Å². The first kappa shape index (κ1) is 10.5. The molecule has 2 aromatic rings. The highest BCUT2D eigenvalue weighted by atomic mass is 32.1. The first-order chi connectivity index (χ1) is 6.89. The van der Waals surface area contributed by atoms with Crippen LogP contribution in [0.3, 0.4) is 0 Å². The number of aromatic nitrogens is 4. The molecule has 0 radical (unpaired) electrons. The maximum absolute atomic E-state index is 5.78. The molecule has 0 saturated carbocycles. The third-order valence-corrected chi connectivity index (χ3v) is 3.17. The normalized spacial score (nSPS) is 14.7. The van der Waals surface area contributed by atoms with E-state index < -0.39 is 0 Å². The van der Waals surface area contributed by atoms with Crippen LogP contribution in [0.25, 0.3) is 4.96 Å². The topological polar surface area (TPSA) is 69.1 Å². The molecule has 2 aromatic heterocycles. The molecule has 2 rings (SSSR count). The maximum atomic E-state index is 5.78. The summed E-state index contributed by atoms with van der Waals surface area (Å²) in [5.74, 6) is 0.876.